The Morgan fingerprint density at radius 3 is 2.73 bits per heavy atom. The molecular formula is C14H20O. The van der Waals surface area contributed by atoms with Crippen LogP contribution in [0.1, 0.15) is 52.9 Å². The van der Waals surface area contributed by atoms with Gasteiger partial charge in [0.1, 0.15) is 0 Å². The Kier molecular flexibility index (Phi) is 2.57. The molecule has 0 spiro atoms. The van der Waals surface area contributed by atoms with Gasteiger partial charge in [-0.05, 0) is 62.5 Å². The van der Waals surface area contributed by atoms with Gasteiger partial charge in [0.25, 0.3) is 0 Å². The van der Waals surface area contributed by atoms with Crippen LogP contribution >= 0.6 is 0 Å². The minimum absolute atomic E-state index is 0.253. The average Bonchev–Trinajstić information content (AvgIpc) is 2.17. The zero-order valence-corrected chi connectivity index (χ0v) is 10.0. The molecule has 2 aliphatic carbocycles. The summed E-state index contributed by atoms with van der Waals surface area (Å²) >= 11 is 0. The lowest BCUT2D eigenvalue weighted by atomic mass is 9.65. The highest BCUT2D eigenvalue weighted by Gasteiger charge is 2.35. The molecule has 2 aliphatic rings. The highest BCUT2D eigenvalue weighted by molar-refractivity contribution is 5.94. The van der Waals surface area contributed by atoms with E-state index in [0.717, 1.165) is 18.4 Å². The fourth-order valence-electron chi connectivity index (χ4n) is 3.02. The van der Waals surface area contributed by atoms with Crippen LogP contribution in [0.25, 0.3) is 0 Å². The molecule has 15 heavy (non-hydrogen) atoms. The van der Waals surface area contributed by atoms with Crippen molar-refractivity contribution in [1.29, 1.82) is 0 Å². The number of hydrogen-bond acceptors (Lipinski definition) is 1. The van der Waals surface area contributed by atoms with Crippen LogP contribution in [0.15, 0.2) is 22.8 Å². The van der Waals surface area contributed by atoms with E-state index in [1.807, 2.05) is 0 Å². The summed E-state index contributed by atoms with van der Waals surface area (Å²) in [6.45, 7) is 6.28. The number of ketones is 1. The van der Waals surface area contributed by atoms with Crippen LogP contribution in [0.5, 0.6) is 0 Å². The van der Waals surface area contributed by atoms with Gasteiger partial charge in [-0.1, -0.05) is 18.6 Å². The molecule has 2 rings (SSSR count). The van der Waals surface area contributed by atoms with Crippen LogP contribution in [0.4, 0.5) is 0 Å². The molecule has 1 atom stereocenters. The minimum atomic E-state index is 0.253. The normalized spacial score (nSPS) is 31.0. The number of carbonyl (C=O) groups excluding carboxylic acids is 1. The molecule has 0 heterocycles. The monoisotopic (exact) mass is 204 g/mol. The summed E-state index contributed by atoms with van der Waals surface area (Å²) in [6, 6.07) is 0. The molecule has 0 N–H and O–H groups in total. The second kappa shape index (κ2) is 3.62. The molecule has 0 aromatic carbocycles. The smallest absolute Gasteiger partial charge is 0.155 e. The van der Waals surface area contributed by atoms with E-state index in [-0.39, 0.29) is 5.78 Å². The predicted octanol–water partition coefficient (Wildman–Crippen LogP) is 3.80. The van der Waals surface area contributed by atoms with E-state index in [4.69, 9.17) is 0 Å². The SMILES string of the molecule is CC(=O)C1=CC2=C(C)CCC[C@@]2(C)CC1. The van der Waals surface area contributed by atoms with Gasteiger partial charge in [-0.15, -0.1) is 0 Å². The Morgan fingerprint density at radius 1 is 1.33 bits per heavy atom. The van der Waals surface area contributed by atoms with Crippen LogP contribution in [0.2, 0.25) is 0 Å². The van der Waals surface area contributed by atoms with E-state index >= 15 is 0 Å². The van der Waals surface area contributed by atoms with E-state index in [1.165, 1.54) is 30.4 Å². The largest absolute Gasteiger partial charge is 0.295 e. The van der Waals surface area contributed by atoms with Gasteiger partial charge in [0.2, 0.25) is 0 Å². The highest BCUT2D eigenvalue weighted by Crippen LogP contribution is 2.48. The zero-order chi connectivity index (χ0) is 11.1. The number of Topliss-reactive ketones (excluding diaryl/α,β-unsaturated/α-hetero) is 1. The molecular weight excluding hydrogens is 184 g/mol. The zero-order valence-electron chi connectivity index (χ0n) is 10.0. The third-order valence-corrected chi connectivity index (χ3v) is 4.11. The standard InChI is InChI=1S/C14H20O/c1-10-5-4-7-14(3)8-6-12(11(2)15)9-13(10)14/h9H,4-8H2,1-3H3/t14-/m0/s1. The van der Waals surface area contributed by atoms with Crippen LogP contribution in [0.3, 0.4) is 0 Å². The first-order chi connectivity index (χ1) is 7.03. The van der Waals surface area contributed by atoms with E-state index in [2.05, 4.69) is 19.9 Å². The lowest BCUT2D eigenvalue weighted by Gasteiger charge is -2.39. The van der Waals surface area contributed by atoms with Gasteiger partial charge in [-0.25, -0.2) is 0 Å². The average molecular weight is 204 g/mol. The number of allylic oxidation sites excluding steroid dienone is 4. The molecule has 0 aromatic rings. The van der Waals surface area contributed by atoms with Crippen LogP contribution in [0, 0.1) is 5.41 Å². The fraction of sp³-hybridized carbons (Fsp3) is 0.643. The molecule has 82 valence electrons. The molecule has 0 bridgehead atoms. The minimum Gasteiger partial charge on any atom is -0.295 e. The van der Waals surface area contributed by atoms with Gasteiger partial charge in [0, 0.05) is 0 Å². The summed E-state index contributed by atoms with van der Waals surface area (Å²) < 4.78 is 0. The predicted molar refractivity (Wildman–Crippen MR) is 62.7 cm³/mol. The maximum absolute atomic E-state index is 11.4. The topological polar surface area (TPSA) is 17.1 Å². The Morgan fingerprint density at radius 2 is 2.07 bits per heavy atom. The highest BCUT2D eigenvalue weighted by atomic mass is 16.1. The second-order valence-electron chi connectivity index (χ2n) is 5.33. The summed E-state index contributed by atoms with van der Waals surface area (Å²) in [4.78, 5) is 11.4. The summed E-state index contributed by atoms with van der Waals surface area (Å²) in [6.07, 6.45) is 8.14. The fourth-order valence-corrected chi connectivity index (χ4v) is 3.02. The van der Waals surface area contributed by atoms with Crippen molar-refractivity contribution in [3.8, 4) is 0 Å². The third-order valence-electron chi connectivity index (χ3n) is 4.11. The van der Waals surface area contributed by atoms with Gasteiger partial charge in [0.15, 0.2) is 5.78 Å². The molecule has 0 unspecified atom stereocenters. The quantitative estimate of drug-likeness (QED) is 0.635. The van der Waals surface area contributed by atoms with Gasteiger partial charge in [-0.3, -0.25) is 4.79 Å². The first-order valence-corrected chi connectivity index (χ1v) is 5.95. The van der Waals surface area contributed by atoms with Gasteiger partial charge in [0.05, 0.1) is 0 Å². The van der Waals surface area contributed by atoms with Crippen LogP contribution in [-0.2, 0) is 4.79 Å². The number of fused-ring (bicyclic) bond motifs is 1. The van der Waals surface area contributed by atoms with Gasteiger partial charge >= 0.3 is 0 Å². The summed E-state index contributed by atoms with van der Waals surface area (Å²) in [5.74, 6) is 0.253. The maximum Gasteiger partial charge on any atom is 0.155 e. The molecule has 0 saturated heterocycles. The first-order valence-electron chi connectivity index (χ1n) is 5.95. The Hall–Kier alpha value is -0.850. The number of hydrogen-bond donors (Lipinski definition) is 0. The molecule has 1 heteroatoms. The van der Waals surface area contributed by atoms with Crippen molar-refractivity contribution in [1.82, 2.24) is 0 Å². The van der Waals surface area contributed by atoms with Crippen molar-refractivity contribution in [2.75, 3.05) is 0 Å². The number of rotatable bonds is 1. The number of carbonyl (C=O) groups is 1. The van der Waals surface area contributed by atoms with E-state index in [0.29, 0.717) is 5.41 Å². The second-order valence-corrected chi connectivity index (χ2v) is 5.33. The van der Waals surface area contributed by atoms with E-state index in [9.17, 15) is 4.79 Å². The summed E-state index contributed by atoms with van der Waals surface area (Å²) in [5, 5.41) is 0. The molecule has 0 amide bonds. The van der Waals surface area contributed by atoms with Crippen molar-refractivity contribution in [2.24, 2.45) is 5.41 Å². The van der Waals surface area contributed by atoms with Crippen molar-refractivity contribution < 1.29 is 4.79 Å². The molecule has 0 aromatic heterocycles. The van der Waals surface area contributed by atoms with Gasteiger partial charge < -0.3 is 0 Å². The maximum atomic E-state index is 11.4. The van der Waals surface area contributed by atoms with Crippen LogP contribution < -0.4 is 0 Å². The van der Waals surface area contributed by atoms with E-state index < -0.39 is 0 Å². The van der Waals surface area contributed by atoms with Crippen molar-refractivity contribution in [2.45, 2.75) is 52.9 Å². The molecule has 0 fully saturated rings. The lowest BCUT2D eigenvalue weighted by molar-refractivity contribution is -0.113. The third kappa shape index (κ3) is 1.80. The summed E-state index contributed by atoms with van der Waals surface area (Å²) in [7, 11) is 0. The first kappa shape index (κ1) is 10.7. The van der Waals surface area contributed by atoms with Crippen molar-refractivity contribution in [3.63, 3.8) is 0 Å². The van der Waals surface area contributed by atoms with Crippen molar-refractivity contribution >= 4 is 5.78 Å². The van der Waals surface area contributed by atoms with Crippen molar-refractivity contribution in [3.05, 3.63) is 22.8 Å². The molecule has 0 saturated carbocycles. The molecule has 0 radical (unpaired) electrons. The molecule has 0 aliphatic heterocycles. The summed E-state index contributed by atoms with van der Waals surface area (Å²) in [5.41, 5.74) is 4.36. The van der Waals surface area contributed by atoms with Gasteiger partial charge in [-0.2, -0.15) is 0 Å². The van der Waals surface area contributed by atoms with E-state index in [1.54, 1.807) is 6.92 Å². The lowest BCUT2D eigenvalue weighted by Crippen LogP contribution is -2.27. The Labute approximate surface area is 92.3 Å². The Bertz CT molecular complexity index is 360. The Balaban J connectivity index is 2.44. The molecule has 1 nitrogen and oxygen atoms in total. The van der Waals surface area contributed by atoms with Crippen LogP contribution in [-0.4, -0.2) is 5.78 Å².